The highest BCUT2D eigenvalue weighted by Gasteiger charge is 2.28. The third-order valence-electron chi connectivity index (χ3n) is 4.56. The van der Waals surface area contributed by atoms with Gasteiger partial charge < -0.3 is 44.0 Å². The Morgan fingerprint density at radius 1 is 0.969 bits per heavy atom. The molecule has 0 fully saturated rings. The van der Waals surface area contributed by atoms with Crippen molar-refractivity contribution in [2.75, 3.05) is 19.6 Å². The fourth-order valence-corrected chi connectivity index (χ4v) is 2.72. The second-order valence-electron chi connectivity index (χ2n) is 7.75. The molecular weight excluding hydrogens is 420 g/mol. The van der Waals surface area contributed by atoms with Gasteiger partial charge in [-0.1, -0.05) is 13.8 Å². The van der Waals surface area contributed by atoms with Crippen molar-refractivity contribution in [2.45, 2.75) is 64.1 Å². The maximum absolute atomic E-state index is 12.6. The molecule has 0 aromatic carbocycles. The predicted molar refractivity (Wildman–Crippen MR) is 120 cm³/mol. The van der Waals surface area contributed by atoms with E-state index in [-0.39, 0.29) is 24.8 Å². The Hall–Kier alpha value is -2.93. The van der Waals surface area contributed by atoms with Gasteiger partial charge in [0.15, 0.2) is 5.96 Å². The van der Waals surface area contributed by atoms with E-state index in [1.165, 1.54) is 0 Å². The van der Waals surface area contributed by atoms with Crippen LogP contribution in [0.15, 0.2) is 4.99 Å². The molecule has 0 aliphatic rings. The van der Waals surface area contributed by atoms with E-state index in [0.29, 0.717) is 38.8 Å². The van der Waals surface area contributed by atoms with E-state index in [9.17, 15) is 24.3 Å². The second-order valence-corrected chi connectivity index (χ2v) is 7.75. The summed E-state index contributed by atoms with van der Waals surface area (Å²) in [7, 11) is 0. The molecule has 3 amide bonds. The van der Waals surface area contributed by atoms with E-state index in [1.807, 2.05) is 0 Å². The van der Waals surface area contributed by atoms with Crippen LogP contribution in [-0.2, 0) is 19.2 Å². The van der Waals surface area contributed by atoms with Gasteiger partial charge in [0.25, 0.3) is 0 Å². The Morgan fingerprint density at radius 3 is 2.16 bits per heavy atom. The molecule has 0 aliphatic heterocycles. The first kappa shape index (κ1) is 29.1. The molecule has 32 heavy (non-hydrogen) atoms. The van der Waals surface area contributed by atoms with Gasteiger partial charge in [0.2, 0.25) is 17.7 Å². The second kappa shape index (κ2) is 15.8. The van der Waals surface area contributed by atoms with Crippen molar-refractivity contribution in [1.82, 2.24) is 16.0 Å². The molecule has 13 nitrogen and oxygen atoms in total. The SMILES string of the molecule is CC(C)C(NC(=O)C(CCCCN)NC(=O)CNC(=O)C(N)CCCN=C(N)N)C(=O)O. The smallest absolute Gasteiger partial charge is 0.326 e. The van der Waals surface area contributed by atoms with Gasteiger partial charge in [-0.15, -0.1) is 0 Å². The number of nitrogens with one attached hydrogen (secondary N) is 3. The number of hydrogen-bond acceptors (Lipinski definition) is 7. The van der Waals surface area contributed by atoms with Crippen LogP contribution in [0.25, 0.3) is 0 Å². The van der Waals surface area contributed by atoms with Crippen molar-refractivity contribution in [1.29, 1.82) is 0 Å². The molecule has 3 unspecified atom stereocenters. The Bertz CT molecular complexity index is 652. The molecule has 13 heteroatoms. The van der Waals surface area contributed by atoms with Crippen LogP contribution < -0.4 is 38.9 Å². The molecular formula is C19H38N8O5. The lowest BCUT2D eigenvalue weighted by Gasteiger charge is -2.23. The maximum Gasteiger partial charge on any atom is 0.326 e. The molecule has 0 rings (SSSR count). The summed E-state index contributed by atoms with van der Waals surface area (Å²) in [6, 6.07) is -2.89. The standard InChI is InChI=1S/C19H38N8O5/c1-11(2)15(18(31)32)27-17(30)13(7-3-4-8-20)26-14(28)10-25-16(29)12(21)6-5-9-24-19(22)23/h11-13,15H,3-10,20-21H2,1-2H3,(H,25,29)(H,26,28)(H,27,30)(H,31,32)(H4,22,23,24). The van der Waals surface area contributed by atoms with Crippen molar-refractivity contribution < 1.29 is 24.3 Å². The zero-order chi connectivity index (χ0) is 24.7. The van der Waals surface area contributed by atoms with Gasteiger partial charge >= 0.3 is 5.97 Å². The van der Waals surface area contributed by atoms with Gasteiger partial charge in [-0.3, -0.25) is 19.4 Å². The van der Waals surface area contributed by atoms with E-state index >= 15 is 0 Å². The van der Waals surface area contributed by atoms with Crippen molar-refractivity contribution >= 4 is 29.7 Å². The summed E-state index contributed by atoms with van der Waals surface area (Å²) in [5, 5.41) is 16.7. The number of rotatable bonds is 16. The minimum Gasteiger partial charge on any atom is -0.480 e. The van der Waals surface area contributed by atoms with Crippen LogP contribution in [-0.4, -0.2) is 72.5 Å². The molecule has 0 aliphatic carbocycles. The predicted octanol–water partition coefficient (Wildman–Crippen LogP) is -2.68. The summed E-state index contributed by atoms with van der Waals surface area (Å²) in [6.07, 6.45) is 2.28. The number of carbonyl (C=O) groups is 4. The van der Waals surface area contributed by atoms with Gasteiger partial charge in [-0.25, -0.2) is 4.79 Å². The molecule has 0 bridgehead atoms. The van der Waals surface area contributed by atoms with Crippen LogP contribution in [0.2, 0.25) is 0 Å². The summed E-state index contributed by atoms with van der Waals surface area (Å²) >= 11 is 0. The average Bonchev–Trinajstić information content (AvgIpc) is 2.71. The van der Waals surface area contributed by atoms with E-state index in [4.69, 9.17) is 22.9 Å². The number of unbranched alkanes of at least 4 members (excludes halogenated alkanes) is 1. The number of amides is 3. The summed E-state index contributed by atoms with van der Waals surface area (Å²) in [6.45, 7) is 3.70. The fraction of sp³-hybridized carbons (Fsp3) is 0.737. The summed E-state index contributed by atoms with van der Waals surface area (Å²) < 4.78 is 0. The number of nitrogens with zero attached hydrogens (tertiary/aromatic N) is 1. The van der Waals surface area contributed by atoms with Crippen LogP contribution in [0.1, 0.15) is 46.0 Å². The summed E-state index contributed by atoms with van der Waals surface area (Å²) in [4.78, 5) is 52.0. The number of carboxylic acids is 1. The molecule has 0 radical (unpaired) electrons. The quantitative estimate of drug-likeness (QED) is 0.0681. The molecule has 0 spiro atoms. The minimum absolute atomic E-state index is 0.0483. The number of carboxylic acid groups (broad SMARTS) is 1. The molecule has 3 atom stereocenters. The van der Waals surface area contributed by atoms with Crippen LogP contribution >= 0.6 is 0 Å². The molecule has 0 aromatic rings. The maximum atomic E-state index is 12.6. The molecule has 0 saturated carbocycles. The van der Waals surface area contributed by atoms with Crippen molar-refractivity contribution in [3.05, 3.63) is 0 Å². The monoisotopic (exact) mass is 458 g/mol. The molecule has 0 heterocycles. The Balaban J connectivity index is 4.76. The number of aliphatic carboxylic acids is 1. The van der Waals surface area contributed by atoms with Crippen LogP contribution in [0.4, 0.5) is 0 Å². The van der Waals surface area contributed by atoms with E-state index in [2.05, 4.69) is 20.9 Å². The first-order valence-electron chi connectivity index (χ1n) is 10.6. The topological polar surface area (TPSA) is 241 Å². The summed E-state index contributed by atoms with van der Waals surface area (Å²) in [5.41, 5.74) is 21.7. The normalized spacial score (nSPS) is 13.5. The van der Waals surface area contributed by atoms with E-state index in [1.54, 1.807) is 13.8 Å². The number of nitrogens with two attached hydrogens (primary N) is 4. The van der Waals surface area contributed by atoms with Gasteiger partial charge in [-0.05, 0) is 44.6 Å². The summed E-state index contributed by atoms with van der Waals surface area (Å²) in [5.74, 6) is -3.30. The highest BCUT2D eigenvalue weighted by molar-refractivity contribution is 5.92. The van der Waals surface area contributed by atoms with Crippen molar-refractivity contribution in [3.8, 4) is 0 Å². The lowest BCUT2D eigenvalue weighted by atomic mass is 10.0. The third-order valence-corrected chi connectivity index (χ3v) is 4.56. The van der Waals surface area contributed by atoms with Crippen molar-refractivity contribution in [2.24, 2.45) is 33.8 Å². The minimum atomic E-state index is -1.17. The lowest BCUT2D eigenvalue weighted by Crippen LogP contribution is -2.54. The van der Waals surface area contributed by atoms with Gasteiger partial charge in [0.1, 0.15) is 12.1 Å². The van der Waals surface area contributed by atoms with Gasteiger partial charge in [0, 0.05) is 6.54 Å². The Kier molecular flexibility index (Phi) is 14.4. The van der Waals surface area contributed by atoms with Gasteiger partial charge in [-0.2, -0.15) is 0 Å². The van der Waals surface area contributed by atoms with Gasteiger partial charge in [0.05, 0.1) is 12.6 Å². The number of aliphatic imine (C=N–C) groups is 1. The molecule has 12 N–H and O–H groups in total. The Labute approximate surface area is 188 Å². The highest BCUT2D eigenvalue weighted by Crippen LogP contribution is 2.06. The first-order chi connectivity index (χ1) is 15.0. The fourth-order valence-electron chi connectivity index (χ4n) is 2.72. The lowest BCUT2D eigenvalue weighted by molar-refractivity contribution is -0.143. The molecule has 0 saturated heterocycles. The molecule has 0 aromatic heterocycles. The average molecular weight is 459 g/mol. The first-order valence-corrected chi connectivity index (χ1v) is 10.6. The van der Waals surface area contributed by atoms with Crippen LogP contribution in [0.3, 0.4) is 0 Å². The van der Waals surface area contributed by atoms with Crippen molar-refractivity contribution in [3.63, 3.8) is 0 Å². The zero-order valence-electron chi connectivity index (χ0n) is 18.8. The van der Waals surface area contributed by atoms with Crippen LogP contribution in [0.5, 0.6) is 0 Å². The third kappa shape index (κ3) is 12.7. The number of guanidine groups is 1. The number of hydrogen-bond donors (Lipinski definition) is 8. The van der Waals surface area contributed by atoms with E-state index < -0.39 is 41.8 Å². The largest absolute Gasteiger partial charge is 0.480 e. The van der Waals surface area contributed by atoms with Crippen LogP contribution in [0, 0.1) is 5.92 Å². The number of carbonyl (C=O) groups excluding carboxylic acids is 3. The van der Waals surface area contributed by atoms with E-state index in [0.717, 1.165) is 0 Å². The highest BCUT2D eigenvalue weighted by atomic mass is 16.4. The zero-order valence-corrected chi connectivity index (χ0v) is 18.8. The molecule has 184 valence electrons. The Morgan fingerprint density at radius 2 is 1.62 bits per heavy atom.